The van der Waals surface area contributed by atoms with Gasteiger partial charge in [0.05, 0.1) is 31.7 Å². The van der Waals surface area contributed by atoms with Crippen LogP contribution < -0.4 is 9.47 Å². The van der Waals surface area contributed by atoms with E-state index in [0.29, 0.717) is 22.8 Å². The third kappa shape index (κ3) is 4.37. The number of methoxy groups -OCH3 is 2. The molecule has 1 aromatic carbocycles. The number of halogens is 1. The number of fused-ring (bicyclic) bond motifs is 1. The van der Waals surface area contributed by atoms with E-state index >= 15 is 0 Å². The lowest BCUT2D eigenvalue weighted by molar-refractivity contribution is -0.0718. The van der Waals surface area contributed by atoms with E-state index in [2.05, 4.69) is 20.1 Å². The standard InChI is InChI=1S/C24H23FN6O4/c1-30(2)35-23(32)20-12-31-21(27-20)17(16-9-15(16)13-5-7-14(25)8-6-13)10-19(29-31)18-11-26-24(34-4)28-22(18)33-3/h5-8,10-12,15-16H,9H2,1-4H3/t15-,16+/m1/s1. The van der Waals surface area contributed by atoms with Gasteiger partial charge in [-0.15, -0.1) is 5.06 Å². The van der Waals surface area contributed by atoms with E-state index in [0.717, 1.165) is 17.5 Å². The molecular weight excluding hydrogens is 455 g/mol. The molecule has 0 aliphatic heterocycles. The van der Waals surface area contributed by atoms with Crippen molar-refractivity contribution in [1.29, 1.82) is 0 Å². The van der Waals surface area contributed by atoms with Crippen molar-refractivity contribution in [3.63, 3.8) is 0 Å². The maximum Gasteiger partial charge on any atom is 0.377 e. The minimum absolute atomic E-state index is 0.106. The average Bonchev–Trinajstić information content (AvgIpc) is 3.52. The van der Waals surface area contributed by atoms with Gasteiger partial charge in [-0.3, -0.25) is 0 Å². The molecule has 3 heterocycles. The molecular formula is C24H23FN6O4. The fraction of sp³-hybridized carbons (Fsp3) is 0.292. The van der Waals surface area contributed by atoms with Gasteiger partial charge in [0.25, 0.3) is 0 Å². The fourth-order valence-corrected chi connectivity index (χ4v) is 4.11. The van der Waals surface area contributed by atoms with Gasteiger partial charge in [-0.05, 0) is 42.0 Å². The zero-order chi connectivity index (χ0) is 24.7. The average molecular weight is 478 g/mol. The number of aromatic nitrogens is 5. The predicted octanol–water partition coefficient (Wildman–Crippen LogP) is 3.25. The zero-order valence-electron chi connectivity index (χ0n) is 19.6. The Hall–Kier alpha value is -4.12. The van der Waals surface area contributed by atoms with E-state index in [9.17, 15) is 9.18 Å². The number of rotatable bonds is 7. The molecule has 2 atom stereocenters. The van der Waals surface area contributed by atoms with E-state index in [4.69, 9.17) is 14.3 Å². The molecule has 0 bridgehead atoms. The molecule has 4 aromatic rings. The number of benzene rings is 1. The van der Waals surface area contributed by atoms with Crippen molar-refractivity contribution in [3.05, 3.63) is 65.4 Å². The molecule has 10 nitrogen and oxygen atoms in total. The third-order valence-corrected chi connectivity index (χ3v) is 5.80. The summed E-state index contributed by atoms with van der Waals surface area (Å²) in [6.07, 6.45) is 3.96. The van der Waals surface area contributed by atoms with Gasteiger partial charge in [-0.25, -0.2) is 23.7 Å². The topological polar surface area (TPSA) is 104 Å². The number of hydrogen-bond donors (Lipinski definition) is 0. The summed E-state index contributed by atoms with van der Waals surface area (Å²) in [6, 6.07) is 8.59. The molecule has 1 aliphatic carbocycles. The second-order valence-electron chi connectivity index (χ2n) is 8.35. The first-order valence-electron chi connectivity index (χ1n) is 10.9. The van der Waals surface area contributed by atoms with Crippen LogP contribution in [0.3, 0.4) is 0 Å². The number of carbonyl (C=O) groups excluding carboxylic acids is 1. The maximum absolute atomic E-state index is 13.4. The molecule has 11 heteroatoms. The lowest BCUT2D eigenvalue weighted by atomic mass is 10.0. The number of hydroxylamine groups is 2. The maximum atomic E-state index is 13.4. The number of nitrogens with zero attached hydrogens (tertiary/aromatic N) is 6. The van der Waals surface area contributed by atoms with Gasteiger partial charge in [-0.1, -0.05) is 12.1 Å². The van der Waals surface area contributed by atoms with Crippen LogP contribution in [0.5, 0.6) is 11.9 Å². The Morgan fingerprint density at radius 1 is 1.11 bits per heavy atom. The van der Waals surface area contributed by atoms with Gasteiger partial charge in [0.2, 0.25) is 5.88 Å². The Morgan fingerprint density at radius 2 is 1.89 bits per heavy atom. The van der Waals surface area contributed by atoms with Gasteiger partial charge < -0.3 is 14.3 Å². The quantitative estimate of drug-likeness (QED) is 0.370. The van der Waals surface area contributed by atoms with Crippen LogP contribution in [0.1, 0.15) is 39.9 Å². The van der Waals surface area contributed by atoms with Crippen molar-refractivity contribution in [2.75, 3.05) is 28.3 Å². The van der Waals surface area contributed by atoms with Crippen LogP contribution in [0.15, 0.2) is 42.7 Å². The molecule has 0 radical (unpaired) electrons. The molecule has 5 rings (SSSR count). The Kier molecular flexibility index (Phi) is 5.77. The summed E-state index contributed by atoms with van der Waals surface area (Å²) >= 11 is 0. The SMILES string of the molecule is COc1ncc(-c2cc([C@H]3C[C@@H]3c3ccc(F)cc3)c3nc(C(=O)ON(C)C)cn3n2)c(OC)n1. The van der Waals surface area contributed by atoms with E-state index in [1.807, 2.05) is 6.07 Å². The van der Waals surface area contributed by atoms with Crippen LogP contribution >= 0.6 is 0 Å². The largest absolute Gasteiger partial charge is 0.480 e. The number of hydrogen-bond acceptors (Lipinski definition) is 9. The van der Waals surface area contributed by atoms with Crippen LogP contribution in [-0.4, -0.2) is 63.9 Å². The second-order valence-corrected chi connectivity index (χ2v) is 8.35. The molecule has 180 valence electrons. The summed E-state index contributed by atoms with van der Waals surface area (Å²) < 4.78 is 25.5. The van der Waals surface area contributed by atoms with Crippen molar-refractivity contribution in [2.45, 2.75) is 18.3 Å². The lowest BCUT2D eigenvalue weighted by Gasteiger charge is -2.10. The van der Waals surface area contributed by atoms with Crippen molar-refractivity contribution in [3.8, 4) is 23.1 Å². The molecule has 0 unspecified atom stereocenters. The molecule has 1 fully saturated rings. The number of carbonyl (C=O) groups is 1. The molecule has 0 amide bonds. The van der Waals surface area contributed by atoms with Crippen molar-refractivity contribution < 1.29 is 23.5 Å². The Bertz CT molecular complexity index is 1410. The van der Waals surface area contributed by atoms with E-state index in [1.54, 1.807) is 36.9 Å². The first kappa shape index (κ1) is 22.7. The monoisotopic (exact) mass is 478 g/mol. The zero-order valence-corrected chi connectivity index (χ0v) is 19.6. The van der Waals surface area contributed by atoms with Crippen LogP contribution in [0.4, 0.5) is 4.39 Å². The molecule has 0 spiro atoms. The lowest BCUT2D eigenvalue weighted by Crippen LogP contribution is -2.18. The van der Waals surface area contributed by atoms with Gasteiger partial charge in [0.1, 0.15) is 5.82 Å². The van der Waals surface area contributed by atoms with Gasteiger partial charge in [-0.2, -0.15) is 10.1 Å². The van der Waals surface area contributed by atoms with Crippen LogP contribution in [0, 0.1) is 5.82 Å². The van der Waals surface area contributed by atoms with Crippen LogP contribution in [0.25, 0.3) is 16.9 Å². The molecule has 1 saturated carbocycles. The second kappa shape index (κ2) is 8.91. The summed E-state index contributed by atoms with van der Waals surface area (Å²) in [6.45, 7) is 0. The molecule has 3 aromatic heterocycles. The van der Waals surface area contributed by atoms with Crippen LogP contribution in [0.2, 0.25) is 0 Å². The highest BCUT2D eigenvalue weighted by Gasteiger charge is 2.41. The Balaban J connectivity index is 1.62. The summed E-state index contributed by atoms with van der Waals surface area (Å²) in [5.74, 6) is -0.270. The molecule has 35 heavy (non-hydrogen) atoms. The minimum Gasteiger partial charge on any atom is -0.480 e. The Morgan fingerprint density at radius 3 is 2.57 bits per heavy atom. The summed E-state index contributed by atoms with van der Waals surface area (Å²) in [4.78, 5) is 30.7. The van der Waals surface area contributed by atoms with Crippen molar-refractivity contribution in [2.24, 2.45) is 0 Å². The third-order valence-electron chi connectivity index (χ3n) is 5.80. The van der Waals surface area contributed by atoms with Gasteiger partial charge in [0.15, 0.2) is 11.3 Å². The van der Waals surface area contributed by atoms with Crippen LogP contribution in [-0.2, 0) is 4.84 Å². The highest BCUT2D eigenvalue weighted by Crippen LogP contribution is 2.55. The summed E-state index contributed by atoms with van der Waals surface area (Å²) in [7, 11) is 6.20. The molecule has 1 aliphatic rings. The normalized spacial score (nSPS) is 17.0. The number of ether oxygens (including phenoxy) is 2. The highest BCUT2D eigenvalue weighted by atomic mass is 19.1. The molecule has 0 N–H and O–H groups in total. The van der Waals surface area contributed by atoms with E-state index < -0.39 is 5.97 Å². The molecule has 0 saturated heterocycles. The fourth-order valence-electron chi connectivity index (χ4n) is 4.11. The van der Waals surface area contributed by atoms with Gasteiger partial charge in [0, 0.05) is 25.9 Å². The van der Waals surface area contributed by atoms with E-state index in [-0.39, 0.29) is 29.4 Å². The minimum atomic E-state index is -0.593. The first-order chi connectivity index (χ1) is 16.9. The summed E-state index contributed by atoms with van der Waals surface area (Å²) in [5, 5.41) is 5.96. The Labute approximate surface area is 200 Å². The summed E-state index contributed by atoms with van der Waals surface area (Å²) in [5.41, 5.74) is 3.70. The van der Waals surface area contributed by atoms with Crippen molar-refractivity contribution in [1.82, 2.24) is 29.6 Å². The van der Waals surface area contributed by atoms with E-state index in [1.165, 1.54) is 37.6 Å². The van der Waals surface area contributed by atoms with Gasteiger partial charge >= 0.3 is 12.0 Å². The smallest absolute Gasteiger partial charge is 0.377 e. The highest BCUT2D eigenvalue weighted by molar-refractivity contribution is 5.88. The van der Waals surface area contributed by atoms with Crippen molar-refractivity contribution >= 4 is 11.6 Å². The first-order valence-corrected chi connectivity index (χ1v) is 10.9. The number of imidazole rings is 1. The predicted molar refractivity (Wildman–Crippen MR) is 123 cm³/mol.